The standard InChI is InChI=1S/C16H23/c1-13(2)16(12-15-9-6-10-15)11-14-7-4-3-5-8-14/h3-5,7-8,15-16H,6,9-12H2,1-2H3. The van der Waals surface area contributed by atoms with E-state index in [1.165, 1.54) is 37.7 Å². The van der Waals surface area contributed by atoms with E-state index in [0.29, 0.717) is 0 Å². The maximum atomic E-state index is 2.30. The van der Waals surface area contributed by atoms with Crippen LogP contribution >= 0.6 is 0 Å². The molecule has 0 heteroatoms. The second-order valence-electron chi connectivity index (χ2n) is 5.50. The van der Waals surface area contributed by atoms with Gasteiger partial charge >= 0.3 is 0 Å². The Balaban J connectivity index is 1.91. The fraction of sp³-hybridized carbons (Fsp3) is 0.562. The van der Waals surface area contributed by atoms with Gasteiger partial charge in [-0.3, -0.25) is 0 Å². The number of hydrogen-bond donors (Lipinski definition) is 0. The lowest BCUT2D eigenvalue weighted by molar-refractivity contribution is 0.253. The molecule has 0 amide bonds. The van der Waals surface area contributed by atoms with Crippen molar-refractivity contribution in [2.24, 2.45) is 11.8 Å². The Labute approximate surface area is 100 Å². The van der Waals surface area contributed by atoms with Gasteiger partial charge in [-0.1, -0.05) is 63.4 Å². The molecule has 0 bridgehead atoms. The van der Waals surface area contributed by atoms with E-state index in [1.807, 2.05) is 0 Å². The Kier molecular flexibility index (Phi) is 4.04. The van der Waals surface area contributed by atoms with Crippen LogP contribution in [0.4, 0.5) is 0 Å². The predicted octanol–water partition coefficient (Wildman–Crippen LogP) is 4.65. The summed E-state index contributed by atoms with van der Waals surface area (Å²) >= 11 is 0. The Morgan fingerprint density at radius 3 is 2.38 bits per heavy atom. The molecule has 1 atom stereocenters. The maximum absolute atomic E-state index is 2.30. The minimum absolute atomic E-state index is 0.799. The first kappa shape index (κ1) is 11.7. The highest BCUT2D eigenvalue weighted by Crippen LogP contribution is 2.36. The number of hydrogen-bond acceptors (Lipinski definition) is 0. The topological polar surface area (TPSA) is 0 Å². The van der Waals surface area contributed by atoms with Gasteiger partial charge in [0.25, 0.3) is 0 Å². The van der Waals surface area contributed by atoms with E-state index in [4.69, 9.17) is 0 Å². The van der Waals surface area contributed by atoms with Gasteiger partial charge < -0.3 is 0 Å². The Hall–Kier alpha value is -0.780. The summed E-state index contributed by atoms with van der Waals surface area (Å²) in [6, 6.07) is 10.9. The molecule has 0 heterocycles. The highest BCUT2D eigenvalue weighted by atomic mass is 14.3. The summed E-state index contributed by atoms with van der Waals surface area (Å²) in [5.74, 6) is 3.42. The first-order chi connectivity index (χ1) is 7.75. The molecule has 1 aromatic rings. The molecule has 0 saturated heterocycles. The van der Waals surface area contributed by atoms with Crippen molar-refractivity contribution in [2.45, 2.75) is 46.0 Å². The van der Waals surface area contributed by atoms with Gasteiger partial charge in [0.2, 0.25) is 0 Å². The highest BCUT2D eigenvalue weighted by Gasteiger charge is 2.24. The molecule has 1 fully saturated rings. The van der Waals surface area contributed by atoms with Crippen LogP contribution in [0.1, 0.15) is 45.1 Å². The van der Waals surface area contributed by atoms with Crippen LogP contribution < -0.4 is 0 Å². The van der Waals surface area contributed by atoms with Crippen molar-refractivity contribution in [1.29, 1.82) is 0 Å². The first-order valence-electron chi connectivity index (χ1n) is 6.59. The lowest BCUT2D eigenvalue weighted by atomic mass is 9.74. The normalized spacial score (nSPS) is 18.4. The van der Waals surface area contributed by atoms with Gasteiger partial charge in [-0.15, -0.1) is 0 Å². The third-order valence-electron chi connectivity index (χ3n) is 3.98. The van der Waals surface area contributed by atoms with Crippen molar-refractivity contribution >= 4 is 0 Å². The van der Waals surface area contributed by atoms with Crippen molar-refractivity contribution < 1.29 is 0 Å². The maximum Gasteiger partial charge on any atom is -0.0245 e. The van der Waals surface area contributed by atoms with Crippen LogP contribution in [0, 0.1) is 17.8 Å². The SMILES string of the molecule is C[C](C)C(Cc1ccccc1)CC1CCC1. The Morgan fingerprint density at radius 1 is 1.19 bits per heavy atom. The lowest BCUT2D eigenvalue weighted by Gasteiger charge is -2.31. The summed E-state index contributed by atoms with van der Waals surface area (Å²) < 4.78 is 0. The Bertz CT molecular complexity index is 295. The Morgan fingerprint density at radius 2 is 1.88 bits per heavy atom. The monoisotopic (exact) mass is 215 g/mol. The third-order valence-corrected chi connectivity index (χ3v) is 3.98. The summed E-state index contributed by atoms with van der Waals surface area (Å²) in [4.78, 5) is 0. The van der Waals surface area contributed by atoms with E-state index >= 15 is 0 Å². The largest absolute Gasteiger partial charge is 0.0622 e. The molecule has 1 radical (unpaired) electrons. The minimum Gasteiger partial charge on any atom is -0.0622 e. The van der Waals surface area contributed by atoms with Crippen LogP contribution in [0.3, 0.4) is 0 Å². The van der Waals surface area contributed by atoms with Crippen LogP contribution in [0.2, 0.25) is 0 Å². The fourth-order valence-electron chi connectivity index (χ4n) is 2.55. The average Bonchev–Trinajstić information content (AvgIpc) is 2.22. The smallest absolute Gasteiger partial charge is 0.0245 e. The van der Waals surface area contributed by atoms with Crippen LogP contribution in [0.5, 0.6) is 0 Å². The molecule has 0 spiro atoms. The van der Waals surface area contributed by atoms with Crippen LogP contribution in [0.15, 0.2) is 30.3 Å². The van der Waals surface area contributed by atoms with E-state index < -0.39 is 0 Å². The molecule has 0 nitrogen and oxygen atoms in total. The van der Waals surface area contributed by atoms with E-state index in [-0.39, 0.29) is 0 Å². The molecule has 1 aromatic carbocycles. The summed E-state index contributed by atoms with van der Waals surface area (Å²) in [5.41, 5.74) is 1.49. The van der Waals surface area contributed by atoms with Gasteiger partial charge in [0.1, 0.15) is 0 Å². The molecule has 1 saturated carbocycles. The summed E-state index contributed by atoms with van der Waals surface area (Å²) in [5, 5.41) is 0. The summed E-state index contributed by atoms with van der Waals surface area (Å²) in [7, 11) is 0. The molecule has 1 aliphatic rings. The van der Waals surface area contributed by atoms with Gasteiger partial charge in [-0.05, 0) is 36.2 Å². The minimum atomic E-state index is 0.799. The molecule has 0 N–H and O–H groups in total. The number of benzene rings is 1. The fourth-order valence-corrected chi connectivity index (χ4v) is 2.55. The van der Waals surface area contributed by atoms with E-state index in [9.17, 15) is 0 Å². The van der Waals surface area contributed by atoms with Crippen molar-refractivity contribution in [1.82, 2.24) is 0 Å². The van der Waals surface area contributed by atoms with Gasteiger partial charge in [-0.25, -0.2) is 0 Å². The molecule has 0 aliphatic heterocycles. The van der Waals surface area contributed by atoms with Crippen molar-refractivity contribution in [3.05, 3.63) is 41.8 Å². The highest BCUT2D eigenvalue weighted by molar-refractivity contribution is 5.16. The molecule has 16 heavy (non-hydrogen) atoms. The zero-order valence-corrected chi connectivity index (χ0v) is 10.6. The first-order valence-corrected chi connectivity index (χ1v) is 6.59. The molecular formula is C16H23. The second-order valence-corrected chi connectivity index (χ2v) is 5.50. The van der Waals surface area contributed by atoms with Crippen molar-refractivity contribution in [2.75, 3.05) is 0 Å². The summed E-state index contributed by atoms with van der Waals surface area (Å²) in [6.45, 7) is 4.60. The van der Waals surface area contributed by atoms with Crippen molar-refractivity contribution in [3.63, 3.8) is 0 Å². The lowest BCUT2D eigenvalue weighted by Crippen LogP contribution is -2.20. The molecular weight excluding hydrogens is 192 g/mol. The molecule has 2 rings (SSSR count). The zero-order valence-electron chi connectivity index (χ0n) is 10.6. The van der Waals surface area contributed by atoms with Gasteiger partial charge in [0.15, 0.2) is 0 Å². The second kappa shape index (κ2) is 5.52. The molecule has 1 aliphatic carbocycles. The zero-order chi connectivity index (χ0) is 11.4. The molecule has 0 aromatic heterocycles. The van der Waals surface area contributed by atoms with Crippen LogP contribution in [0.25, 0.3) is 0 Å². The average molecular weight is 215 g/mol. The predicted molar refractivity (Wildman–Crippen MR) is 70.2 cm³/mol. The van der Waals surface area contributed by atoms with E-state index in [0.717, 1.165) is 11.8 Å². The van der Waals surface area contributed by atoms with Crippen LogP contribution in [-0.2, 0) is 6.42 Å². The van der Waals surface area contributed by atoms with Gasteiger partial charge in [-0.2, -0.15) is 0 Å². The van der Waals surface area contributed by atoms with E-state index in [1.54, 1.807) is 5.92 Å². The third kappa shape index (κ3) is 3.10. The molecule has 1 unspecified atom stereocenters. The van der Waals surface area contributed by atoms with E-state index in [2.05, 4.69) is 44.2 Å². The van der Waals surface area contributed by atoms with Crippen LogP contribution in [-0.4, -0.2) is 0 Å². The van der Waals surface area contributed by atoms with Gasteiger partial charge in [0.05, 0.1) is 0 Å². The van der Waals surface area contributed by atoms with Gasteiger partial charge in [0, 0.05) is 0 Å². The number of rotatable bonds is 5. The van der Waals surface area contributed by atoms with Crippen molar-refractivity contribution in [3.8, 4) is 0 Å². The molecule has 87 valence electrons. The quantitative estimate of drug-likeness (QED) is 0.670. The summed E-state index contributed by atoms with van der Waals surface area (Å²) in [6.07, 6.45) is 7.06.